The van der Waals surface area contributed by atoms with E-state index in [9.17, 15) is 23.1 Å². The van der Waals surface area contributed by atoms with Crippen molar-refractivity contribution >= 4 is 38.0 Å². The van der Waals surface area contributed by atoms with E-state index in [1.165, 1.54) is 35.1 Å². The summed E-state index contributed by atoms with van der Waals surface area (Å²) in [5.74, 6) is -0.0798. The van der Waals surface area contributed by atoms with Crippen molar-refractivity contribution in [2.75, 3.05) is 0 Å². The van der Waals surface area contributed by atoms with Crippen LogP contribution in [0.4, 0.5) is 17.6 Å². The second-order valence-electron chi connectivity index (χ2n) is 15.8. The molecule has 0 unspecified atom stereocenters. The van der Waals surface area contributed by atoms with Gasteiger partial charge in [-0.1, -0.05) is 104 Å². The summed E-state index contributed by atoms with van der Waals surface area (Å²) in [6.45, 7) is 18.8. The molecular weight excluding hydrogens is 899 g/mol. The Labute approximate surface area is 342 Å². The molecule has 2 heterocycles. The van der Waals surface area contributed by atoms with E-state index in [-0.39, 0.29) is 54.5 Å². The molecule has 3 nitrogen and oxygen atoms in total. The number of pyridine rings is 1. The molecule has 0 fully saturated rings. The van der Waals surface area contributed by atoms with Crippen LogP contribution in [0.25, 0.3) is 42.6 Å². The van der Waals surface area contributed by atoms with E-state index < -0.39 is 23.8 Å². The Balaban J connectivity index is 0.000000433. The Morgan fingerprint density at radius 2 is 1.51 bits per heavy atom. The summed E-state index contributed by atoms with van der Waals surface area (Å²) in [4.78, 5) is 17.3. The first-order chi connectivity index (χ1) is 25.3. The fourth-order valence-corrected chi connectivity index (χ4v) is 8.08. The van der Waals surface area contributed by atoms with Crippen LogP contribution >= 0.6 is 11.3 Å². The molecule has 299 valence electrons. The van der Waals surface area contributed by atoms with E-state index in [0.29, 0.717) is 5.56 Å². The zero-order valence-corrected chi connectivity index (χ0v) is 36.8. The van der Waals surface area contributed by atoms with Gasteiger partial charge >= 0.3 is 6.18 Å². The molecule has 0 aliphatic heterocycles. The van der Waals surface area contributed by atoms with Gasteiger partial charge in [0.05, 0.1) is 11.2 Å². The molecule has 0 aliphatic carbocycles. The van der Waals surface area contributed by atoms with Crippen molar-refractivity contribution in [2.24, 2.45) is 17.3 Å². The number of thiophene rings is 1. The average molecular weight is 953 g/mol. The number of allylic oxidation sites excluding steroid dienone is 2. The summed E-state index contributed by atoms with van der Waals surface area (Å²) in [6.07, 6.45) is 1.85. The predicted molar refractivity (Wildman–Crippen MR) is 218 cm³/mol. The first-order valence-corrected chi connectivity index (χ1v) is 19.7. The van der Waals surface area contributed by atoms with Crippen molar-refractivity contribution in [3.8, 4) is 21.7 Å². The van der Waals surface area contributed by atoms with E-state index in [1.807, 2.05) is 52.8 Å². The number of rotatable bonds is 11. The minimum absolute atomic E-state index is 0. The van der Waals surface area contributed by atoms with Crippen LogP contribution in [0.3, 0.4) is 0 Å². The van der Waals surface area contributed by atoms with E-state index in [0.717, 1.165) is 82.1 Å². The Morgan fingerprint density at radius 1 is 0.891 bits per heavy atom. The van der Waals surface area contributed by atoms with Gasteiger partial charge in [0.1, 0.15) is 5.82 Å². The molecule has 0 atom stereocenters. The van der Waals surface area contributed by atoms with Gasteiger partial charge in [-0.05, 0) is 78.7 Å². The number of hydrogen-bond acceptors (Lipinski definition) is 4. The number of hydrogen-bond donors (Lipinski definition) is 1. The fourth-order valence-electron chi connectivity index (χ4n) is 6.78. The van der Waals surface area contributed by atoms with Crippen LogP contribution in [-0.2, 0) is 36.7 Å². The Morgan fingerprint density at radius 3 is 2.07 bits per heavy atom. The maximum Gasteiger partial charge on any atom is 0.394 e. The molecule has 9 heteroatoms. The summed E-state index contributed by atoms with van der Waals surface area (Å²) in [5.41, 5.74) is 2.49. The summed E-state index contributed by atoms with van der Waals surface area (Å²) >= 11 is 1.52. The van der Waals surface area contributed by atoms with E-state index in [1.54, 1.807) is 12.3 Å². The molecule has 2 aromatic heterocycles. The molecule has 0 saturated heterocycles. The Hall–Kier alpha value is -3.39. The van der Waals surface area contributed by atoms with Gasteiger partial charge in [0.2, 0.25) is 0 Å². The molecular formula is C46H54F4IrNO2S-. The first-order valence-electron chi connectivity index (χ1n) is 18.9. The van der Waals surface area contributed by atoms with Crippen LogP contribution in [0.5, 0.6) is 0 Å². The second-order valence-corrected chi connectivity index (χ2v) is 16.9. The quantitative estimate of drug-likeness (QED) is 0.0621. The van der Waals surface area contributed by atoms with Gasteiger partial charge in [0.15, 0.2) is 5.78 Å². The average Bonchev–Trinajstić information content (AvgIpc) is 3.45. The number of nitrogens with zero attached hydrogens (tertiary/aromatic N) is 1. The molecule has 0 saturated carbocycles. The van der Waals surface area contributed by atoms with Crippen molar-refractivity contribution in [1.29, 1.82) is 0 Å². The normalized spacial score (nSPS) is 12.6. The molecule has 1 radical (unpaired) electrons. The molecule has 3 aromatic carbocycles. The molecule has 55 heavy (non-hydrogen) atoms. The number of aryl methyl sites for hydroxylation is 1. The molecule has 5 rings (SSSR count). The monoisotopic (exact) mass is 953 g/mol. The van der Waals surface area contributed by atoms with Gasteiger partial charge < -0.3 is 5.11 Å². The van der Waals surface area contributed by atoms with Crippen LogP contribution in [-0.4, -0.2) is 22.1 Å². The maximum absolute atomic E-state index is 15.1. The third-order valence-electron chi connectivity index (χ3n) is 10.5. The summed E-state index contributed by atoms with van der Waals surface area (Å²) < 4.78 is 56.3. The third-order valence-corrected chi connectivity index (χ3v) is 11.9. The van der Waals surface area contributed by atoms with Crippen LogP contribution < -0.4 is 0 Å². The predicted octanol–water partition coefficient (Wildman–Crippen LogP) is 14.3. The molecule has 0 spiro atoms. The van der Waals surface area contributed by atoms with Crippen molar-refractivity contribution < 1.29 is 47.6 Å². The van der Waals surface area contributed by atoms with Crippen LogP contribution in [0.2, 0.25) is 0 Å². The minimum atomic E-state index is -4.42. The number of ketones is 1. The number of aliphatic hydroxyl groups excluding tert-OH is 1. The van der Waals surface area contributed by atoms with Crippen molar-refractivity contribution in [3.63, 3.8) is 0 Å². The second kappa shape index (κ2) is 18.7. The van der Waals surface area contributed by atoms with Gasteiger partial charge in [-0.3, -0.25) is 9.78 Å². The van der Waals surface area contributed by atoms with Crippen molar-refractivity contribution in [3.05, 3.63) is 101 Å². The van der Waals surface area contributed by atoms with E-state index in [2.05, 4.69) is 45.0 Å². The maximum atomic E-state index is 15.1. The number of carbonyl (C=O) groups excluding carboxylic acids is 1. The minimum Gasteiger partial charge on any atom is -0.512 e. The molecule has 0 aliphatic rings. The summed E-state index contributed by atoms with van der Waals surface area (Å²) in [5, 5.41) is 13.0. The number of aliphatic hydroxyl groups is 1. The number of alkyl halides is 3. The number of halogens is 4. The zero-order valence-electron chi connectivity index (χ0n) is 33.6. The van der Waals surface area contributed by atoms with Gasteiger partial charge in [0, 0.05) is 59.5 Å². The van der Waals surface area contributed by atoms with Gasteiger partial charge in [-0.2, -0.15) is 13.2 Å². The van der Waals surface area contributed by atoms with Crippen LogP contribution in [0.15, 0.2) is 72.6 Å². The first kappa shape index (κ1) is 46.0. The van der Waals surface area contributed by atoms with Gasteiger partial charge in [0.25, 0.3) is 0 Å². The third kappa shape index (κ3) is 10.5. The zero-order chi connectivity index (χ0) is 40.2. The van der Waals surface area contributed by atoms with E-state index >= 15 is 4.39 Å². The molecule has 0 amide bonds. The Bertz CT molecular complexity index is 2120. The van der Waals surface area contributed by atoms with Crippen molar-refractivity contribution in [1.82, 2.24) is 4.98 Å². The number of aromatic nitrogens is 1. The fraction of sp³-hybridized carbons (Fsp3) is 0.435. The summed E-state index contributed by atoms with van der Waals surface area (Å²) in [6, 6.07) is 20.4. The van der Waals surface area contributed by atoms with Crippen molar-refractivity contribution in [2.45, 2.75) is 113 Å². The summed E-state index contributed by atoms with van der Waals surface area (Å²) in [7, 11) is 0. The topological polar surface area (TPSA) is 50.2 Å². The van der Waals surface area contributed by atoms with Gasteiger partial charge in [-0.15, -0.1) is 40.5 Å². The standard InChI is InChI=1S/C33H30F4NS.C13H24O2.Ir/c1-19-24-13-14-38-28(23-15-20-9-7-8-10-25(20)26(16-23)31(2,3)4)30(24)39-29(19)21-11-12-22(27(34)17-21)18-32(5,6)33(35,36)37;1-5-10(6-2)12(14)9-13(15)11(7-3)8-4;/h7-14,16-17H,18H2,1-6H3;9-11,14H,5-8H2,1-4H3;/q-1;;/b;12-9-;. The number of fused-ring (bicyclic) bond motifs is 2. The van der Waals surface area contributed by atoms with Crippen LogP contribution in [0, 0.1) is 36.1 Å². The molecule has 1 N–H and O–H groups in total. The van der Waals surface area contributed by atoms with Crippen LogP contribution in [0.1, 0.15) is 105 Å². The Kier molecular flexibility index (Phi) is 15.6. The van der Waals surface area contributed by atoms with Gasteiger partial charge in [-0.25, -0.2) is 4.39 Å². The number of benzene rings is 3. The smallest absolute Gasteiger partial charge is 0.394 e. The molecule has 5 aromatic rings. The number of carbonyl (C=O) groups is 1. The SMILES string of the molecule is CCC(CC)C(=O)/C=C(\O)C(CC)CC.Cc1c(-c2ccc(CC(C)(C)C(F)(F)F)c(F)c2)sc2c(-c3[c-]c4ccccc4c(C(C)(C)C)c3)nccc12.[Ir]. The molecule has 0 bridgehead atoms. The largest absolute Gasteiger partial charge is 0.512 e. The van der Waals surface area contributed by atoms with E-state index in [4.69, 9.17) is 4.98 Å².